The maximum absolute atomic E-state index is 9.67. The fraction of sp³-hybridized carbons (Fsp3) is 1.00. The van der Waals surface area contributed by atoms with Crippen molar-refractivity contribution in [2.24, 2.45) is 0 Å². The third-order valence-corrected chi connectivity index (χ3v) is 0. The minimum atomic E-state index is -3.67. The average molecular weight is 138 g/mol. The Morgan fingerprint density at radius 1 is 0.875 bits per heavy atom. The molecule has 0 aromatic rings. The molecular formula is CHBF6. The summed E-state index contributed by atoms with van der Waals surface area (Å²) in [6.07, 6.45) is 0. The molecule has 0 bridgehead atoms. The molecule has 0 radical (unpaired) electrons. The third-order valence-electron chi connectivity index (χ3n) is 0. The second kappa shape index (κ2) is 6.64. The highest BCUT2D eigenvalue weighted by Crippen LogP contribution is 1.87. The quantitative estimate of drug-likeness (QED) is 0.354. The molecule has 7 heteroatoms. The molecule has 0 aliphatic rings. The molecule has 0 amide bonds. The summed E-state index contributed by atoms with van der Waals surface area (Å²) in [5.41, 5.74) is 0. The number of alkyl halides is 3. The smallest absolute Gasteiger partial charge is 0.254 e. The van der Waals surface area contributed by atoms with Gasteiger partial charge in [-0.3, -0.25) is 12.9 Å². The number of rotatable bonds is 0. The summed E-state index contributed by atoms with van der Waals surface area (Å²) in [4.78, 5) is 0. The number of halogens is 6. The molecule has 8 heavy (non-hydrogen) atoms. The second-order valence-electron chi connectivity index (χ2n) is 0.495. The van der Waals surface area contributed by atoms with Crippen molar-refractivity contribution >= 4 is 7.54 Å². The van der Waals surface area contributed by atoms with Crippen molar-refractivity contribution in [2.75, 3.05) is 0 Å². The van der Waals surface area contributed by atoms with E-state index in [0.29, 0.717) is 0 Å². The fourth-order valence-electron chi connectivity index (χ4n) is 0. The van der Waals surface area contributed by atoms with Gasteiger partial charge in [0, 0.05) is 0 Å². The van der Waals surface area contributed by atoms with Gasteiger partial charge in [-0.2, -0.15) is 13.2 Å². The molecule has 0 saturated heterocycles. The first-order valence-electron chi connectivity index (χ1n) is 1.31. The van der Waals surface area contributed by atoms with Gasteiger partial charge in [-0.1, -0.05) is 0 Å². The maximum Gasteiger partial charge on any atom is 0.762 e. The number of hydrogen-bond donors (Lipinski definition) is 0. The molecule has 0 unspecified atom stereocenters. The van der Waals surface area contributed by atoms with Gasteiger partial charge in [-0.25, -0.2) is 0 Å². The Balaban J connectivity index is 0. The minimum absolute atomic E-state index is 3.67. The van der Waals surface area contributed by atoms with Gasteiger partial charge in [-0.05, 0) is 0 Å². The van der Waals surface area contributed by atoms with Crippen LogP contribution in [0.15, 0.2) is 0 Å². The third kappa shape index (κ3) is 966. The molecule has 0 N–H and O–H groups in total. The predicted molar refractivity (Wildman–Crippen MR) is 16.2 cm³/mol. The van der Waals surface area contributed by atoms with Crippen molar-refractivity contribution in [2.45, 2.75) is 6.68 Å². The van der Waals surface area contributed by atoms with Crippen molar-refractivity contribution < 1.29 is 26.1 Å². The summed E-state index contributed by atoms with van der Waals surface area (Å²) < 4.78 is 58.0. The summed E-state index contributed by atoms with van der Waals surface area (Å²) in [6.45, 7) is -3.67. The largest absolute Gasteiger partial charge is 0.762 e. The highest BCUT2D eigenvalue weighted by atomic mass is 19.4. The van der Waals surface area contributed by atoms with Gasteiger partial charge in [0.15, 0.2) is 0 Å². The highest BCUT2D eigenvalue weighted by molar-refractivity contribution is 6.33. The molecule has 0 atom stereocenters. The van der Waals surface area contributed by atoms with Gasteiger partial charge < -0.3 is 0 Å². The van der Waals surface area contributed by atoms with Crippen LogP contribution < -0.4 is 0 Å². The molecule has 0 aliphatic carbocycles. The molecule has 0 aliphatic heterocycles. The highest BCUT2D eigenvalue weighted by Gasteiger charge is 2.06. The zero-order valence-corrected chi connectivity index (χ0v) is 3.42. The van der Waals surface area contributed by atoms with Crippen molar-refractivity contribution in [3.63, 3.8) is 0 Å². The second-order valence-corrected chi connectivity index (χ2v) is 0.495. The van der Waals surface area contributed by atoms with Crippen molar-refractivity contribution in [3.8, 4) is 0 Å². The van der Waals surface area contributed by atoms with Crippen LogP contribution in [0, 0.1) is 0 Å². The summed E-state index contributed by atoms with van der Waals surface area (Å²) in [6, 6.07) is 0. The zero-order chi connectivity index (χ0) is 7.15. The van der Waals surface area contributed by atoms with E-state index in [1.807, 2.05) is 0 Å². The van der Waals surface area contributed by atoms with E-state index < -0.39 is 14.2 Å². The predicted octanol–water partition coefficient (Wildman–Crippen LogP) is 2.06. The first kappa shape index (κ1) is 10.6. The molecule has 0 nitrogen and oxygen atoms in total. The van der Waals surface area contributed by atoms with Crippen LogP contribution in [-0.2, 0) is 0 Å². The Kier molecular flexibility index (Phi) is 8.80. The van der Waals surface area contributed by atoms with E-state index in [4.69, 9.17) is 0 Å². The molecule has 0 saturated carbocycles. The van der Waals surface area contributed by atoms with Crippen LogP contribution >= 0.6 is 0 Å². The van der Waals surface area contributed by atoms with Crippen LogP contribution in [0.3, 0.4) is 0 Å². The van der Waals surface area contributed by atoms with E-state index in [2.05, 4.69) is 0 Å². The Bertz CT molecular complexity index is 24.0. The summed E-state index contributed by atoms with van der Waals surface area (Å²) in [5, 5.41) is 0. The van der Waals surface area contributed by atoms with Gasteiger partial charge in [0.1, 0.15) is 0 Å². The van der Waals surface area contributed by atoms with Gasteiger partial charge in [0.2, 0.25) is 0 Å². The Hall–Kier alpha value is -0.355. The Morgan fingerprint density at radius 3 is 0.875 bits per heavy atom. The lowest BCUT2D eigenvalue weighted by molar-refractivity contribution is 0.00819. The lowest BCUT2D eigenvalue weighted by Crippen LogP contribution is -1.76. The summed E-state index contributed by atoms with van der Waals surface area (Å²) in [5.74, 6) is 0. The molecule has 0 fully saturated rings. The summed E-state index contributed by atoms with van der Waals surface area (Å²) in [7, 11) is -3.67. The van der Waals surface area contributed by atoms with E-state index in [9.17, 15) is 26.1 Å². The molecule has 0 aromatic carbocycles. The Morgan fingerprint density at radius 2 is 0.875 bits per heavy atom. The van der Waals surface area contributed by atoms with E-state index in [1.54, 1.807) is 0 Å². The normalized spacial score (nSPS) is 7.88. The number of hydrogen-bond acceptors (Lipinski definition) is 0. The van der Waals surface area contributed by atoms with Crippen molar-refractivity contribution in [1.82, 2.24) is 0 Å². The molecule has 0 aromatic heterocycles. The molecule has 50 valence electrons. The zero-order valence-electron chi connectivity index (χ0n) is 3.42. The SMILES string of the molecule is FB(F)F.FC(F)F. The summed E-state index contributed by atoms with van der Waals surface area (Å²) >= 11 is 0. The Labute approximate surface area is 41.7 Å². The first-order chi connectivity index (χ1) is 3.46. The fourth-order valence-corrected chi connectivity index (χ4v) is 0. The lowest BCUT2D eigenvalue weighted by Gasteiger charge is -1.65. The van der Waals surface area contributed by atoms with Crippen LogP contribution in [-0.4, -0.2) is 14.2 Å². The molecular weight excluding hydrogens is 137 g/mol. The molecule has 0 heterocycles. The standard InChI is InChI=1S/CHF3.BF3/c2*2-1(3)4/h1H;. The van der Waals surface area contributed by atoms with E-state index in [1.165, 1.54) is 0 Å². The van der Waals surface area contributed by atoms with Crippen LogP contribution in [0.25, 0.3) is 0 Å². The topological polar surface area (TPSA) is 0 Å². The lowest BCUT2D eigenvalue weighted by atomic mass is 10.5. The van der Waals surface area contributed by atoms with E-state index in [0.717, 1.165) is 0 Å². The van der Waals surface area contributed by atoms with Crippen LogP contribution in [0.4, 0.5) is 26.1 Å². The van der Waals surface area contributed by atoms with Gasteiger partial charge in [0.25, 0.3) is 0 Å². The van der Waals surface area contributed by atoms with Crippen LogP contribution in [0.5, 0.6) is 0 Å². The van der Waals surface area contributed by atoms with Gasteiger partial charge >= 0.3 is 14.2 Å². The van der Waals surface area contributed by atoms with E-state index in [-0.39, 0.29) is 0 Å². The van der Waals surface area contributed by atoms with Crippen LogP contribution in [0.2, 0.25) is 0 Å². The average Bonchev–Trinajstić information content (AvgIpc) is 1.25. The van der Waals surface area contributed by atoms with Crippen LogP contribution in [0.1, 0.15) is 0 Å². The van der Waals surface area contributed by atoms with Crippen molar-refractivity contribution in [1.29, 1.82) is 0 Å². The monoisotopic (exact) mass is 138 g/mol. The molecule has 0 rings (SSSR count). The molecule has 0 spiro atoms. The van der Waals surface area contributed by atoms with Gasteiger partial charge in [-0.15, -0.1) is 0 Å². The minimum Gasteiger partial charge on any atom is -0.254 e. The van der Waals surface area contributed by atoms with Gasteiger partial charge in [0.05, 0.1) is 0 Å². The van der Waals surface area contributed by atoms with E-state index >= 15 is 0 Å². The van der Waals surface area contributed by atoms with Crippen molar-refractivity contribution in [3.05, 3.63) is 0 Å². The first-order valence-corrected chi connectivity index (χ1v) is 1.31. The maximum atomic E-state index is 9.67.